The van der Waals surface area contributed by atoms with Gasteiger partial charge in [0.05, 0.1) is 62.6 Å². The molecule has 0 aliphatic carbocycles. The van der Waals surface area contributed by atoms with Gasteiger partial charge in [-0.05, 0) is 38.1 Å². The minimum atomic E-state index is -3.75. The maximum Gasteiger partial charge on any atom is 0.253 e. The molecule has 2 aromatic rings. The van der Waals surface area contributed by atoms with Crippen molar-refractivity contribution in [3.8, 4) is 0 Å². The number of sulfonamides is 2. The highest BCUT2D eigenvalue weighted by Crippen LogP contribution is 2.11. The molecule has 1 saturated heterocycles. The van der Waals surface area contributed by atoms with Gasteiger partial charge in [0.1, 0.15) is 0 Å². The van der Waals surface area contributed by atoms with Gasteiger partial charge in [0.2, 0.25) is 0 Å². The first-order chi connectivity index (χ1) is 19.2. The van der Waals surface area contributed by atoms with Gasteiger partial charge in [-0.25, -0.2) is 26.9 Å². The van der Waals surface area contributed by atoms with E-state index in [9.17, 15) is 16.8 Å². The summed E-state index contributed by atoms with van der Waals surface area (Å²) in [6.07, 6.45) is 0. The summed E-state index contributed by atoms with van der Waals surface area (Å²) in [4.78, 5) is 5.58. The molecule has 1 aliphatic rings. The van der Waals surface area contributed by atoms with Gasteiger partial charge in [-0.15, -0.1) is 9.66 Å². The number of hydrazine groups is 2. The molecule has 3 rings (SSSR count). The molecule has 0 bridgehead atoms. The zero-order valence-corrected chi connectivity index (χ0v) is 24.7. The molecule has 0 saturated carbocycles. The molecular formula is C26H40N4O8S2. The van der Waals surface area contributed by atoms with E-state index in [0.717, 1.165) is 11.1 Å². The van der Waals surface area contributed by atoms with E-state index in [2.05, 4.69) is 9.66 Å². The zero-order valence-electron chi connectivity index (χ0n) is 23.1. The van der Waals surface area contributed by atoms with Crippen LogP contribution in [0.1, 0.15) is 11.1 Å². The Labute approximate surface area is 237 Å². The average Bonchev–Trinajstić information content (AvgIpc) is 2.91. The summed E-state index contributed by atoms with van der Waals surface area (Å²) in [6, 6.07) is 13.3. The van der Waals surface area contributed by atoms with Crippen LogP contribution in [-0.2, 0) is 39.0 Å². The van der Waals surface area contributed by atoms with Crippen molar-refractivity contribution in [3.05, 3.63) is 59.7 Å². The molecule has 0 unspecified atom stereocenters. The van der Waals surface area contributed by atoms with E-state index in [1.807, 2.05) is 13.8 Å². The summed E-state index contributed by atoms with van der Waals surface area (Å²) >= 11 is 0. The number of hydrogen-bond acceptors (Lipinski definition) is 10. The number of nitrogens with one attached hydrogen (secondary N) is 2. The van der Waals surface area contributed by atoms with Crippen LogP contribution in [0, 0.1) is 13.8 Å². The molecule has 40 heavy (non-hydrogen) atoms. The molecule has 1 aliphatic heterocycles. The molecule has 1 heterocycles. The smallest absolute Gasteiger partial charge is 0.253 e. The fourth-order valence-electron chi connectivity index (χ4n) is 3.63. The maximum atomic E-state index is 12.8. The van der Waals surface area contributed by atoms with Crippen LogP contribution in [0.15, 0.2) is 58.3 Å². The monoisotopic (exact) mass is 600 g/mol. The highest BCUT2D eigenvalue weighted by Gasteiger charge is 2.20. The highest BCUT2D eigenvalue weighted by molar-refractivity contribution is 7.89. The van der Waals surface area contributed by atoms with Crippen molar-refractivity contribution >= 4 is 20.0 Å². The molecule has 2 aromatic carbocycles. The normalized spacial score (nSPS) is 19.1. The Kier molecular flexibility index (Phi) is 13.4. The van der Waals surface area contributed by atoms with E-state index < -0.39 is 20.0 Å². The minimum Gasteiger partial charge on any atom is -0.378 e. The van der Waals surface area contributed by atoms with Crippen LogP contribution in [0.4, 0.5) is 0 Å². The molecule has 12 nitrogen and oxygen atoms in total. The summed E-state index contributed by atoms with van der Waals surface area (Å²) < 4.78 is 73.8. The van der Waals surface area contributed by atoms with E-state index in [1.54, 1.807) is 58.5 Å². The third kappa shape index (κ3) is 11.5. The van der Waals surface area contributed by atoms with E-state index >= 15 is 0 Å². The standard InChI is InChI=1S/C26H40N4O8S2/c1-23-3-7-25(8-4-23)39(31,32)27-29-11-15-35-19-21-37-17-13-30(14-18-38-22-20-36-16-12-29)28-40(33,34)26-9-5-24(2)6-10-26/h3-10,27-28H,11-22H2,1-2H3. The van der Waals surface area contributed by atoms with E-state index in [1.165, 1.54) is 0 Å². The predicted octanol–water partition coefficient (Wildman–Crippen LogP) is 1.07. The molecule has 14 heteroatoms. The predicted molar refractivity (Wildman–Crippen MR) is 149 cm³/mol. The SMILES string of the molecule is Cc1ccc(S(=O)(=O)NN2CCOCCOCCN(NS(=O)(=O)c3ccc(C)cc3)CCOCCOCC2)cc1. The van der Waals surface area contributed by atoms with Gasteiger partial charge >= 0.3 is 0 Å². The first kappa shape index (κ1) is 32.5. The summed E-state index contributed by atoms with van der Waals surface area (Å²) in [5, 5.41) is 3.11. The summed E-state index contributed by atoms with van der Waals surface area (Å²) in [7, 11) is -7.50. The van der Waals surface area contributed by atoms with E-state index in [-0.39, 0.29) is 36.2 Å². The van der Waals surface area contributed by atoms with Gasteiger partial charge in [-0.3, -0.25) is 0 Å². The quantitative estimate of drug-likeness (QED) is 0.496. The molecule has 0 amide bonds. The number of aryl methyl sites for hydroxylation is 2. The topological polar surface area (TPSA) is 136 Å². The maximum absolute atomic E-state index is 12.8. The van der Waals surface area contributed by atoms with Crippen molar-refractivity contribution in [3.63, 3.8) is 0 Å². The van der Waals surface area contributed by atoms with Gasteiger partial charge in [-0.1, -0.05) is 35.4 Å². The van der Waals surface area contributed by atoms with Crippen LogP contribution in [0.3, 0.4) is 0 Å². The Hall–Kier alpha value is -1.98. The third-order valence-electron chi connectivity index (χ3n) is 5.93. The van der Waals surface area contributed by atoms with Crippen molar-refractivity contribution in [2.24, 2.45) is 0 Å². The highest BCUT2D eigenvalue weighted by atomic mass is 32.2. The van der Waals surface area contributed by atoms with Gasteiger partial charge in [0, 0.05) is 26.2 Å². The largest absolute Gasteiger partial charge is 0.378 e. The summed E-state index contributed by atoms with van der Waals surface area (Å²) in [6.45, 7) is 7.28. The number of nitrogens with zero attached hydrogens (tertiary/aromatic N) is 2. The van der Waals surface area contributed by atoms with Crippen LogP contribution in [-0.4, -0.2) is 106 Å². The van der Waals surface area contributed by atoms with Crippen molar-refractivity contribution in [1.29, 1.82) is 0 Å². The van der Waals surface area contributed by atoms with Crippen LogP contribution < -0.4 is 9.66 Å². The first-order valence-electron chi connectivity index (χ1n) is 13.1. The lowest BCUT2D eigenvalue weighted by molar-refractivity contribution is 0.00276. The molecule has 2 N–H and O–H groups in total. The summed E-state index contributed by atoms with van der Waals surface area (Å²) in [5.74, 6) is 0. The lowest BCUT2D eigenvalue weighted by atomic mass is 10.2. The van der Waals surface area contributed by atoms with Crippen molar-refractivity contribution < 1.29 is 35.8 Å². The van der Waals surface area contributed by atoms with Gasteiger partial charge in [0.25, 0.3) is 20.0 Å². The second-order valence-electron chi connectivity index (χ2n) is 9.24. The fourth-order valence-corrected chi connectivity index (χ4v) is 5.87. The van der Waals surface area contributed by atoms with Crippen molar-refractivity contribution in [1.82, 2.24) is 19.7 Å². The molecule has 0 radical (unpaired) electrons. The number of benzene rings is 2. The second kappa shape index (κ2) is 16.5. The Morgan fingerprint density at radius 3 is 1.05 bits per heavy atom. The summed E-state index contributed by atoms with van der Waals surface area (Å²) in [5.41, 5.74) is 1.94. The lowest BCUT2D eigenvalue weighted by Crippen LogP contribution is -2.46. The lowest BCUT2D eigenvalue weighted by Gasteiger charge is -2.24. The van der Waals surface area contributed by atoms with E-state index in [0.29, 0.717) is 52.6 Å². The third-order valence-corrected chi connectivity index (χ3v) is 8.71. The van der Waals surface area contributed by atoms with Crippen LogP contribution in [0.5, 0.6) is 0 Å². The average molecular weight is 601 g/mol. The van der Waals surface area contributed by atoms with Crippen LogP contribution in [0.2, 0.25) is 0 Å². The Morgan fingerprint density at radius 2 is 0.775 bits per heavy atom. The fraction of sp³-hybridized carbons (Fsp3) is 0.538. The van der Waals surface area contributed by atoms with E-state index in [4.69, 9.17) is 18.9 Å². The number of ether oxygens (including phenoxy) is 4. The number of rotatable bonds is 6. The van der Waals surface area contributed by atoms with Crippen molar-refractivity contribution in [2.75, 3.05) is 79.0 Å². The minimum absolute atomic E-state index is 0.177. The van der Waals surface area contributed by atoms with Crippen LogP contribution in [0.25, 0.3) is 0 Å². The molecule has 0 atom stereocenters. The molecule has 224 valence electrons. The Morgan fingerprint density at radius 1 is 0.500 bits per heavy atom. The first-order valence-corrected chi connectivity index (χ1v) is 16.1. The molecular weight excluding hydrogens is 560 g/mol. The Bertz CT molecular complexity index is 1110. The zero-order chi connectivity index (χ0) is 28.8. The van der Waals surface area contributed by atoms with Crippen LogP contribution >= 0.6 is 0 Å². The second-order valence-corrected chi connectivity index (χ2v) is 12.6. The molecule has 1 fully saturated rings. The molecule has 0 spiro atoms. The number of hydrogen-bond donors (Lipinski definition) is 2. The Balaban J connectivity index is 1.51. The van der Waals surface area contributed by atoms with Gasteiger partial charge in [0.15, 0.2) is 0 Å². The van der Waals surface area contributed by atoms with Gasteiger partial charge in [-0.2, -0.15) is 0 Å². The van der Waals surface area contributed by atoms with Crippen molar-refractivity contribution in [2.45, 2.75) is 23.6 Å². The van der Waals surface area contributed by atoms with Gasteiger partial charge < -0.3 is 18.9 Å². The molecule has 0 aromatic heterocycles.